The Balaban J connectivity index is 2.47. The van der Waals surface area contributed by atoms with Crippen molar-refractivity contribution in [3.05, 3.63) is 17.7 Å². The minimum atomic E-state index is -0.530. The van der Waals surface area contributed by atoms with Crippen LogP contribution in [0.15, 0.2) is 17.1 Å². The molecule has 0 bridgehead atoms. The van der Waals surface area contributed by atoms with Crippen molar-refractivity contribution in [2.75, 3.05) is 13.7 Å². The van der Waals surface area contributed by atoms with Gasteiger partial charge in [-0.05, 0) is 37.5 Å². The van der Waals surface area contributed by atoms with E-state index in [1.807, 2.05) is 6.92 Å². The van der Waals surface area contributed by atoms with Crippen LogP contribution in [0.3, 0.4) is 0 Å². The van der Waals surface area contributed by atoms with Gasteiger partial charge in [0.15, 0.2) is 11.5 Å². The Kier molecular flexibility index (Phi) is 3.26. The third kappa shape index (κ3) is 2.05. The predicted molar refractivity (Wildman–Crippen MR) is 64.9 cm³/mol. The van der Waals surface area contributed by atoms with Crippen molar-refractivity contribution in [2.24, 2.45) is 4.99 Å². The molecule has 5 heteroatoms. The quantitative estimate of drug-likeness (QED) is 0.641. The first-order valence-corrected chi connectivity index (χ1v) is 5.80. The van der Waals surface area contributed by atoms with E-state index in [4.69, 9.17) is 9.47 Å². The Morgan fingerprint density at radius 1 is 1.50 bits per heavy atom. The number of methoxy groups -OCH3 is 1. The minimum Gasteiger partial charge on any atom is -0.504 e. The van der Waals surface area contributed by atoms with E-state index in [1.165, 1.54) is 7.11 Å². The van der Waals surface area contributed by atoms with Gasteiger partial charge >= 0.3 is 0 Å². The highest BCUT2D eigenvalue weighted by Gasteiger charge is 2.45. The molecule has 1 aromatic rings. The summed E-state index contributed by atoms with van der Waals surface area (Å²) in [5.41, 5.74) is 0.227. The molecular weight excluding hydrogens is 234 g/mol. The third-order valence-corrected chi connectivity index (χ3v) is 3.06. The fraction of sp³-hybridized carbons (Fsp3) is 0.462. The summed E-state index contributed by atoms with van der Waals surface area (Å²) in [6, 6.07) is 3.32. The Labute approximate surface area is 105 Å². The molecule has 0 unspecified atom stereocenters. The number of nitrogens with zero attached hydrogens (tertiary/aromatic N) is 1. The van der Waals surface area contributed by atoms with E-state index >= 15 is 0 Å². The Morgan fingerprint density at radius 3 is 2.72 bits per heavy atom. The topological polar surface area (TPSA) is 68.1 Å². The number of phenols is 1. The van der Waals surface area contributed by atoms with Crippen molar-refractivity contribution in [1.29, 1.82) is 0 Å². The number of ether oxygens (including phenoxy) is 2. The number of hydrogen-bond acceptors (Lipinski definition) is 5. The molecule has 1 fully saturated rings. The fourth-order valence-corrected chi connectivity index (χ4v) is 1.99. The van der Waals surface area contributed by atoms with Gasteiger partial charge in [-0.15, -0.1) is 0 Å². The van der Waals surface area contributed by atoms with Gasteiger partial charge in [0.1, 0.15) is 0 Å². The van der Waals surface area contributed by atoms with Crippen molar-refractivity contribution >= 4 is 6.08 Å². The predicted octanol–water partition coefficient (Wildman–Crippen LogP) is 2.12. The lowest BCUT2D eigenvalue weighted by Gasteiger charge is -2.15. The molecule has 2 rings (SSSR count). The highest BCUT2D eigenvalue weighted by molar-refractivity contribution is 5.56. The van der Waals surface area contributed by atoms with Crippen LogP contribution in [-0.2, 0) is 10.3 Å². The molecule has 18 heavy (non-hydrogen) atoms. The summed E-state index contributed by atoms with van der Waals surface area (Å²) in [5, 5.41) is 9.91. The van der Waals surface area contributed by atoms with Crippen LogP contribution in [0, 0.1) is 0 Å². The molecule has 0 aliphatic heterocycles. The summed E-state index contributed by atoms with van der Waals surface area (Å²) >= 11 is 0. The maximum atomic E-state index is 10.4. The van der Waals surface area contributed by atoms with E-state index in [-0.39, 0.29) is 5.75 Å². The normalized spacial score (nSPS) is 15.7. The van der Waals surface area contributed by atoms with Crippen LogP contribution < -0.4 is 9.47 Å². The van der Waals surface area contributed by atoms with Crippen LogP contribution in [0.25, 0.3) is 0 Å². The highest BCUT2D eigenvalue weighted by Crippen LogP contribution is 2.52. The Morgan fingerprint density at radius 2 is 2.22 bits per heavy atom. The minimum absolute atomic E-state index is 0.00850. The summed E-state index contributed by atoms with van der Waals surface area (Å²) in [4.78, 5) is 14.3. The standard InChI is InChI=1S/C13H15NO4/c1-3-18-11-7-9(6-10(16)12(11)17-2)13(4-5-13)14-8-15/h6-7,16H,3-5H2,1-2H3. The van der Waals surface area contributed by atoms with E-state index in [2.05, 4.69) is 4.99 Å². The number of phenolic OH excluding ortho intramolecular Hbond substituents is 1. The van der Waals surface area contributed by atoms with Gasteiger partial charge in [0.05, 0.1) is 19.3 Å². The lowest BCUT2D eigenvalue weighted by atomic mass is 10.0. The smallest absolute Gasteiger partial charge is 0.235 e. The molecule has 0 amide bonds. The lowest BCUT2D eigenvalue weighted by Crippen LogP contribution is -2.04. The number of rotatable bonds is 5. The average molecular weight is 249 g/mol. The number of isocyanates is 1. The summed E-state index contributed by atoms with van der Waals surface area (Å²) in [5.74, 6) is 0.750. The zero-order valence-electron chi connectivity index (χ0n) is 10.4. The van der Waals surface area contributed by atoms with Crippen molar-refractivity contribution in [2.45, 2.75) is 25.3 Å². The van der Waals surface area contributed by atoms with E-state index in [0.29, 0.717) is 18.1 Å². The summed E-state index contributed by atoms with van der Waals surface area (Å²) in [6.45, 7) is 2.31. The van der Waals surface area contributed by atoms with E-state index in [0.717, 1.165) is 18.4 Å². The van der Waals surface area contributed by atoms with Crippen LogP contribution in [-0.4, -0.2) is 24.9 Å². The SMILES string of the molecule is CCOc1cc(C2(N=C=O)CC2)cc(O)c1OC. The molecule has 0 spiro atoms. The van der Waals surface area contributed by atoms with Gasteiger partial charge in [0.25, 0.3) is 0 Å². The second-order valence-corrected chi connectivity index (χ2v) is 4.19. The van der Waals surface area contributed by atoms with Gasteiger partial charge in [-0.3, -0.25) is 0 Å². The Hall–Kier alpha value is -2.00. The molecule has 1 N–H and O–H groups in total. The molecule has 5 nitrogen and oxygen atoms in total. The van der Waals surface area contributed by atoms with Crippen LogP contribution >= 0.6 is 0 Å². The number of aromatic hydroxyl groups is 1. The fourth-order valence-electron chi connectivity index (χ4n) is 1.99. The molecule has 0 heterocycles. The number of carbonyl (C=O) groups excluding carboxylic acids is 1. The van der Waals surface area contributed by atoms with Crippen LogP contribution in [0.2, 0.25) is 0 Å². The Bertz CT molecular complexity index is 502. The van der Waals surface area contributed by atoms with E-state index in [9.17, 15) is 9.90 Å². The summed E-state index contributed by atoms with van der Waals surface area (Å²) in [7, 11) is 1.47. The molecule has 1 aliphatic carbocycles. The van der Waals surface area contributed by atoms with E-state index in [1.54, 1.807) is 18.2 Å². The van der Waals surface area contributed by atoms with Gasteiger partial charge in [-0.2, -0.15) is 4.99 Å². The first-order chi connectivity index (χ1) is 8.66. The molecule has 0 saturated heterocycles. The maximum absolute atomic E-state index is 10.4. The molecule has 0 aromatic heterocycles. The van der Waals surface area contributed by atoms with Crippen molar-refractivity contribution < 1.29 is 19.4 Å². The monoisotopic (exact) mass is 249 g/mol. The molecule has 96 valence electrons. The zero-order valence-corrected chi connectivity index (χ0v) is 10.4. The number of aliphatic imine (C=N–C) groups is 1. The summed E-state index contributed by atoms with van der Waals surface area (Å²) in [6.07, 6.45) is 3.14. The van der Waals surface area contributed by atoms with Crippen LogP contribution in [0.5, 0.6) is 17.2 Å². The molecule has 1 aliphatic rings. The van der Waals surface area contributed by atoms with Gasteiger partial charge < -0.3 is 14.6 Å². The summed E-state index contributed by atoms with van der Waals surface area (Å²) < 4.78 is 10.5. The largest absolute Gasteiger partial charge is 0.504 e. The zero-order chi connectivity index (χ0) is 13.2. The molecule has 1 saturated carbocycles. The first kappa shape index (κ1) is 12.5. The molecule has 0 atom stereocenters. The first-order valence-electron chi connectivity index (χ1n) is 5.80. The van der Waals surface area contributed by atoms with Gasteiger partial charge in [0, 0.05) is 0 Å². The van der Waals surface area contributed by atoms with Gasteiger partial charge in [0.2, 0.25) is 11.8 Å². The second-order valence-electron chi connectivity index (χ2n) is 4.19. The van der Waals surface area contributed by atoms with Crippen LogP contribution in [0.4, 0.5) is 0 Å². The van der Waals surface area contributed by atoms with Crippen LogP contribution in [0.1, 0.15) is 25.3 Å². The second kappa shape index (κ2) is 4.70. The van der Waals surface area contributed by atoms with Gasteiger partial charge in [-0.25, -0.2) is 4.79 Å². The van der Waals surface area contributed by atoms with E-state index < -0.39 is 5.54 Å². The third-order valence-electron chi connectivity index (χ3n) is 3.06. The number of hydrogen-bond donors (Lipinski definition) is 1. The molecule has 0 radical (unpaired) electrons. The highest BCUT2D eigenvalue weighted by atomic mass is 16.5. The lowest BCUT2D eigenvalue weighted by molar-refractivity contribution is 0.299. The molecule has 1 aromatic carbocycles. The molecular formula is C13H15NO4. The number of benzene rings is 1. The van der Waals surface area contributed by atoms with Crippen molar-refractivity contribution in [1.82, 2.24) is 0 Å². The van der Waals surface area contributed by atoms with Gasteiger partial charge in [-0.1, -0.05) is 0 Å². The van der Waals surface area contributed by atoms with Crippen molar-refractivity contribution in [3.63, 3.8) is 0 Å². The average Bonchev–Trinajstić information content (AvgIpc) is 3.11. The van der Waals surface area contributed by atoms with Crippen molar-refractivity contribution in [3.8, 4) is 17.2 Å². The maximum Gasteiger partial charge on any atom is 0.235 e.